The van der Waals surface area contributed by atoms with Gasteiger partial charge in [-0.15, -0.1) is 0 Å². The highest BCUT2D eigenvalue weighted by Crippen LogP contribution is 2.34. The van der Waals surface area contributed by atoms with Crippen LogP contribution in [-0.2, 0) is 9.53 Å². The van der Waals surface area contributed by atoms with Gasteiger partial charge in [0, 0.05) is 17.3 Å². The van der Waals surface area contributed by atoms with E-state index in [1.165, 1.54) is 7.11 Å². The Bertz CT molecular complexity index is 637. The molecule has 0 fully saturated rings. The summed E-state index contributed by atoms with van der Waals surface area (Å²) in [7, 11) is 3.05. The molecule has 0 saturated carbocycles. The van der Waals surface area contributed by atoms with Crippen molar-refractivity contribution in [3.63, 3.8) is 0 Å². The molecule has 2 atom stereocenters. The number of carbonyl (C=O) groups is 1. The van der Waals surface area contributed by atoms with E-state index < -0.39 is 0 Å². The number of hydrogen-bond acceptors (Lipinski definition) is 4. The summed E-state index contributed by atoms with van der Waals surface area (Å²) in [5.74, 6) is 0.473. The third-order valence-corrected chi connectivity index (χ3v) is 3.79. The molecule has 0 spiro atoms. The normalized spacial score (nSPS) is 13.7. The number of hydrogen-bond donors (Lipinski definition) is 1. The first kappa shape index (κ1) is 15.3. The van der Waals surface area contributed by atoms with Crippen molar-refractivity contribution in [1.29, 1.82) is 0 Å². The summed E-state index contributed by atoms with van der Waals surface area (Å²) in [6, 6.07) is 11.7. The van der Waals surface area contributed by atoms with E-state index in [1.807, 2.05) is 43.3 Å². The van der Waals surface area contributed by atoms with Crippen LogP contribution in [0.1, 0.15) is 24.8 Å². The highest BCUT2D eigenvalue weighted by molar-refractivity contribution is 5.92. The second-order valence-electron chi connectivity index (χ2n) is 5.15. The van der Waals surface area contributed by atoms with Crippen molar-refractivity contribution < 1.29 is 14.3 Å². The Hall–Kier alpha value is -2.07. The van der Waals surface area contributed by atoms with E-state index in [4.69, 9.17) is 15.2 Å². The van der Waals surface area contributed by atoms with E-state index in [1.54, 1.807) is 7.11 Å². The van der Waals surface area contributed by atoms with Gasteiger partial charge in [-0.1, -0.05) is 30.3 Å². The van der Waals surface area contributed by atoms with E-state index in [2.05, 4.69) is 0 Å². The molecule has 0 amide bonds. The van der Waals surface area contributed by atoms with Crippen molar-refractivity contribution in [1.82, 2.24) is 0 Å². The van der Waals surface area contributed by atoms with Crippen LogP contribution in [0, 0.1) is 0 Å². The summed E-state index contributed by atoms with van der Waals surface area (Å²) in [6.45, 7) is 1.91. The standard InChI is InChI=1S/C17H21NO3/c1-11(18)15(10-17(19)21-3)13-8-9-16(20-2)14-7-5-4-6-12(13)14/h4-9,11,15H,10,18H2,1-3H3. The first-order chi connectivity index (χ1) is 10.1. The number of benzene rings is 2. The first-order valence-electron chi connectivity index (χ1n) is 6.96. The lowest BCUT2D eigenvalue weighted by Gasteiger charge is -2.22. The van der Waals surface area contributed by atoms with E-state index in [-0.39, 0.29) is 24.3 Å². The van der Waals surface area contributed by atoms with Gasteiger partial charge < -0.3 is 15.2 Å². The van der Waals surface area contributed by atoms with Gasteiger partial charge in [0.25, 0.3) is 0 Å². The number of nitrogens with two attached hydrogens (primary N) is 1. The minimum atomic E-state index is -0.253. The van der Waals surface area contributed by atoms with Crippen molar-refractivity contribution in [2.75, 3.05) is 14.2 Å². The molecule has 0 aliphatic rings. The van der Waals surface area contributed by atoms with Gasteiger partial charge in [-0.25, -0.2) is 0 Å². The monoisotopic (exact) mass is 287 g/mol. The molecule has 112 valence electrons. The quantitative estimate of drug-likeness (QED) is 0.859. The van der Waals surface area contributed by atoms with Gasteiger partial charge in [-0.2, -0.15) is 0 Å². The maximum atomic E-state index is 11.7. The predicted molar refractivity (Wildman–Crippen MR) is 83.5 cm³/mol. The molecular formula is C17H21NO3. The average molecular weight is 287 g/mol. The largest absolute Gasteiger partial charge is 0.496 e. The fourth-order valence-corrected chi connectivity index (χ4v) is 2.64. The molecule has 0 aromatic heterocycles. The summed E-state index contributed by atoms with van der Waals surface area (Å²) >= 11 is 0. The van der Waals surface area contributed by atoms with Gasteiger partial charge in [-0.05, 0) is 23.9 Å². The Kier molecular flexibility index (Phi) is 4.81. The lowest BCUT2D eigenvalue weighted by molar-refractivity contribution is -0.141. The first-order valence-corrected chi connectivity index (χ1v) is 6.96. The van der Waals surface area contributed by atoms with Crippen molar-refractivity contribution in [2.45, 2.75) is 25.3 Å². The zero-order valence-corrected chi connectivity index (χ0v) is 12.6. The molecule has 21 heavy (non-hydrogen) atoms. The van der Waals surface area contributed by atoms with Gasteiger partial charge >= 0.3 is 5.97 Å². The van der Waals surface area contributed by atoms with Gasteiger partial charge in [0.15, 0.2) is 0 Å². The molecular weight excluding hydrogens is 266 g/mol. The third kappa shape index (κ3) is 3.16. The van der Waals surface area contributed by atoms with E-state index in [9.17, 15) is 4.79 Å². The molecule has 0 aliphatic carbocycles. The molecule has 0 radical (unpaired) electrons. The Balaban J connectivity index is 2.55. The van der Waals surface area contributed by atoms with Gasteiger partial charge in [-0.3, -0.25) is 4.79 Å². The Morgan fingerprint density at radius 2 is 1.81 bits per heavy atom. The lowest BCUT2D eigenvalue weighted by atomic mass is 9.86. The summed E-state index contributed by atoms with van der Waals surface area (Å²) < 4.78 is 10.2. The Labute approximate surface area is 124 Å². The number of methoxy groups -OCH3 is 2. The predicted octanol–water partition coefficient (Wildman–Crippen LogP) is 2.84. The zero-order chi connectivity index (χ0) is 15.4. The van der Waals surface area contributed by atoms with Crippen LogP contribution in [0.25, 0.3) is 10.8 Å². The topological polar surface area (TPSA) is 61.5 Å². The minimum Gasteiger partial charge on any atom is -0.496 e. The van der Waals surface area contributed by atoms with Crippen LogP contribution < -0.4 is 10.5 Å². The second-order valence-corrected chi connectivity index (χ2v) is 5.15. The molecule has 2 unspecified atom stereocenters. The van der Waals surface area contributed by atoms with Gasteiger partial charge in [0.05, 0.1) is 20.6 Å². The number of fused-ring (bicyclic) bond motifs is 1. The molecule has 2 N–H and O–H groups in total. The molecule has 0 saturated heterocycles. The van der Waals surface area contributed by atoms with Crippen LogP contribution in [0.5, 0.6) is 5.75 Å². The fourth-order valence-electron chi connectivity index (χ4n) is 2.64. The molecule has 0 aliphatic heterocycles. The number of rotatable bonds is 5. The minimum absolute atomic E-state index is 0.0896. The van der Waals surface area contributed by atoms with Crippen LogP contribution in [0.4, 0.5) is 0 Å². The SMILES string of the molecule is COC(=O)CC(c1ccc(OC)c2ccccc12)C(C)N. The van der Waals surface area contributed by atoms with E-state index >= 15 is 0 Å². The summed E-state index contributed by atoms with van der Waals surface area (Å²) in [6.07, 6.45) is 0.268. The maximum absolute atomic E-state index is 11.7. The Morgan fingerprint density at radius 3 is 2.38 bits per heavy atom. The molecule has 2 rings (SSSR count). The van der Waals surface area contributed by atoms with Gasteiger partial charge in [0.2, 0.25) is 0 Å². The van der Waals surface area contributed by atoms with Crippen LogP contribution in [0.3, 0.4) is 0 Å². The second kappa shape index (κ2) is 6.59. The third-order valence-electron chi connectivity index (χ3n) is 3.79. The van der Waals surface area contributed by atoms with E-state index in [0.29, 0.717) is 0 Å². The van der Waals surface area contributed by atoms with E-state index in [0.717, 1.165) is 22.1 Å². The van der Waals surface area contributed by atoms with Crippen molar-refractivity contribution in [2.24, 2.45) is 5.73 Å². The summed E-state index contributed by atoms with van der Waals surface area (Å²) in [4.78, 5) is 11.7. The number of esters is 1. The highest BCUT2D eigenvalue weighted by Gasteiger charge is 2.23. The average Bonchev–Trinajstić information content (AvgIpc) is 2.51. The number of carbonyl (C=O) groups excluding carboxylic acids is 1. The zero-order valence-electron chi connectivity index (χ0n) is 12.6. The maximum Gasteiger partial charge on any atom is 0.306 e. The Morgan fingerprint density at radius 1 is 1.14 bits per heavy atom. The van der Waals surface area contributed by atoms with Crippen LogP contribution in [-0.4, -0.2) is 26.2 Å². The molecule has 4 nitrogen and oxygen atoms in total. The summed E-state index contributed by atoms with van der Waals surface area (Å²) in [5.41, 5.74) is 7.14. The van der Waals surface area contributed by atoms with Crippen LogP contribution in [0.15, 0.2) is 36.4 Å². The van der Waals surface area contributed by atoms with Crippen LogP contribution >= 0.6 is 0 Å². The van der Waals surface area contributed by atoms with Crippen LogP contribution in [0.2, 0.25) is 0 Å². The van der Waals surface area contributed by atoms with Gasteiger partial charge in [0.1, 0.15) is 5.75 Å². The number of ether oxygens (including phenoxy) is 2. The molecule has 2 aromatic rings. The van der Waals surface area contributed by atoms with Crippen molar-refractivity contribution in [3.05, 3.63) is 42.0 Å². The molecule has 2 aromatic carbocycles. The fraction of sp³-hybridized carbons (Fsp3) is 0.353. The lowest BCUT2D eigenvalue weighted by Crippen LogP contribution is -2.27. The molecule has 0 bridgehead atoms. The van der Waals surface area contributed by atoms with Crippen molar-refractivity contribution >= 4 is 16.7 Å². The smallest absolute Gasteiger partial charge is 0.306 e. The summed E-state index contributed by atoms with van der Waals surface area (Å²) in [5, 5.41) is 2.08. The molecule has 0 heterocycles. The van der Waals surface area contributed by atoms with Crippen molar-refractivity contribution in [3.8, 4) is 5.75 Å². The molecule has 4 heteroatoms. The highest BCUT2D eigenvalue weighted by atomic mass is 16.5.